The number of rotatable bonds is 7. The Bertz CT molecular complexity index is 377. The number of para-hydroxylation sites is 1. The van der Waals surface area contributed by atoms with Crippen LogP contribution in [0.25, 0.3) is 0 Å². The van der Waals surface area contributed by atoms with Crippen molar-refractivity contribution in [1.29, 1.82) is 0 Å². The van der Waals surface area contributed by atoms with Crippen LogP contribution in [0.3, 0.4) is 0 Å². The van der Waals surface area contributed by atoms with Gasteiger partial charge in [0.15, 0.2) is 0 Å². The van der Waals surface area contributed by atoms with Gasteiger partial charge in [0.05, 0.1) is 17.9 Å². The van der Waals surface area contributed by atoms with E-state index in [1.54, 1.807) is 24.3 Å². The zero-order valence-corrected chi connectivity index (χ0v) is 9.94. The summed E-state index contributed by atoms with van der Waals surface area (Å²) in [5.41, 5.74) is 0.860. The quantitative estimate of drug-likeness (QED) is 0.449. The lowest BCUT2D eigenvalue weighted by atomic mass is 10.2. The van der Waals surface area contributed by atoms with E-state index in [-0.39, 0.29) is 0 Å². The summed E-state index contributed by atoms with van der Waals surface area (Å²) in [6.07, 6.45) is 3.54. The van der Waals surface area contributed by atoms with Crippen LogP contribution in [-0.4, -0.2) is 19.0 Å². The molecule has 0 aromatic heterocycles. The second-order valence-corrected chi connectivity index (χ2v) is 3.65. The zero-order chi connectivity index (χ0) is 12.5. The monoisotopic (exact) mass is 235 g/mol. The first-order valence-corrected chi connectivity index (χ1v) is 5.76. The Hall–Kier alpha value is -1.84. The third-order valence-corrected chi connectivity index (χ3v) is 2.34. The molecule has 17 heavy (non-hydrogen) atoms. The summed E-state index contributed by atoms with van der Waals surface area (Å²) in [6, 6.07) is 6.78. The molecule has 1 aromatic carbocycles. The van der Waals surface area contributed by atoms with Crippen LogP contribution in [0.1, 0.15) is 36.5 Å². The molecule has 0 aliphatic rings. The van der Waals surface area contributed by atoms with Crippen LogP contribution in [0.4, 0.5) is 5.69 Å². The third kappa shape index (κ3) is 4.26. The molecule has 0 atom stereocenters. The van der Waals surface area contributed by atoms with E-state index >= 15 is 0 Å². The highest BCUT2D eigenvalue weighted by Gasteiger charge is 2.11. The predicted octanol–water partition coefficient (Wildman–Crippen LogP) is 2.60. The van der Waals surface area contributed by atoms with E-state index in [0.29, 0.717) is 24.3 Å². The summed E-state index contributed by atoms with van der Waals surface area (Å²) in [4.78, 5) is 22.1. The highest BCUT2D eigenvalue weighted by molar-refractivity contribution is 5.97. The molecule has 0 aliphatic carbocycles. The van der Waals surface area contributed by atoms with Gasteiger partial charge in [-0.05, 0) is 18.6 Å². The summed E-state index contributed by atoms with van der Waals surface area (Å²) in [5, 5.41) is 2.48. The van der Waals surface area contributed by atoms with Crippen LogP contribution < -0.4 is 5.32 Å². The summed E-state index contributed by atoms with van der Waals surface area (Å²) in [7, 11) is 0. The molecule has 4 nitrogen and oxygen atoms in total. The number of carbonyl (C=O) groups excluding carboxylic acids is 2. The summed E-state index contributed by atoms with van der Waals surface area (Å²) in [5.74, 6) is -0.397. The lowest BCUT2D eigenvalue weighted by molar-refractivity contribution is -0.105. The first-order chi connectivity index (χ1) is 8.29. The normalized spacial score (nSPS) is 9.71. The molecule has 92 valence electrons. The van der Waals surface area contributed by atoms with Crippen LogP contribution in [0, 0.1) is 0 Å². The molecular formula is C13H17NO3. The smallest absolute Gasteiger partial charge is 0.340 e. The fourth-order valence-electron chi connectivity index (χ4n) is 1.45. The minimum absolute atomic E-state index is 0.385. The van der Waals surface area contributed by atoms with Crippen molar-refractivity contribution in [2.24, 2.45) is 0 Å². The lowest BCUT2D eigenvalue weighted by Gasteiger charge is -2.08. The molecule has 0 unspecified atom stereocenters. The van der Waals surface area contributed by atoms with Gasteiger partial charge in [-0.1, -0.05) is 31.9 Å². The number of amides is 1. The Kier molecular flexibility index (Phi) is 5.79. The van der Waals surface area contributed by atoms with Gasteiger partial charge < -0.3 is 10.1 Å². The van der Waals surface area contributed by atoms with Crippen molar-refractivity contribution in [2.45, 2.75) is 26.2 Å². The summed E-state index contributed by atoms with van der Waals surface area (Å²) in [6.45, 7) is 2.51. The maximum atomic E-state index is 11.7. The van der Waals surface area contributed by atoms with Gasteiger partial charge in [0, 0.05) is 0 Å². The van der Waals surface area contributed by atoms with E-state index in [2.05, 4.69) is 12.2 Å². The topological polar surface area (TPSA) is 55.4 Å². The molecule has 1 aromatic rings. The maximum absolute atomic E-state index is 11.7. The predicted molar refractivity (Wildman–Crippen MR) is 65.9 cm³/mol. The van der Waals surface area contributed by atoms with Gasteiger partial charge in [0.2, 0.25) is 6.41 Å². The van der Waals surface area contributed by atoms with Crippen molar-refractivity contribution in [3.05, 3.63) is 29.8 Å². The van der Waals surface area contributed by atoms with E-state index in [1.807, 2.05) is 0 Å². The second kappa shape index (κ2) is 7.44. The van der Waals surface area contributed by atoms with Crippen molar-refractivity contribution in [1.82, 2.24) is 0 Å². The highest BCUT2D eigenvalue weighted by atomic mass is 16.5. The fourth-order valence-corrected chi connectivity index (χ4v) is 1.45. The molecule has 0 radical (unpaired) electrons. The number of carbonyl (C=O) groups is 2. The van der Waals surface area contributed by atoms with E-state index < -0.39 is 5.97 Å². The molecule has 1 amide bonds. The van der Waals surface area contributed by atoms with Crippen LogP contribution in [0.2, 0.25) is 0 Å². The minimum Gasteiger partial charge on any atom is -0.462 e. The fraction of sp³-hybridized carbons (Fsp3) is 0.385. The molecule has 0 aliphatic heterocycles. The van der Waals surface area contributed by atoms with Gasteiger partial charge in [-0.15, -0.1) is 0 Å². The molecule has 0 saturated carbocycles. The molecule has 0 bridgehead atoms. The largest absolute Gasteiger partial charge is 0.462 e. The Morgan fingerprint density at radius 2 is 2.12 bits per heavy atom. The van der Waals surface area contributed by atoms with E-state index in [0.717, 1.165) is 19.3 Å². The molecule has 0 spiro atoms. The first kappa shape index (κ1) is 13.2. The van der Waals surface area contributed by atoms with Crippen molar-refractivity contribution >= 4 is 18.1 Å². The number of esters is 1. The lowest BCUT2D eigenvalue weighted by Crippen LogP contribution is -2.09. The Balaban J connectivity index is 2.58. The van der Waals surface area contributed by atoms with E-state index in [4.69, 9.17) is 4.74 Å². The van der Waals surface area contributed by atoms with Crippen molar-refractivity contribution in [2.75, 3.05) is 11.9 Å². The summed E-state index contributed by atoms with van der Waals surface area (Å²) >= 11 is 0. The standard InChI is InChI=1S/C13H17NO3/c1-2-3-6-9-17-13(16)11-7-4-5-8-12(11)14-10-15/h4-5,7-8,10H,2-3,6,9H2,1H3,(H,14,15). The van der Waals surface area contributed by atoms with E-state index in [9.17, 15) is 9.59 Å². The molecule has 4 heteroatoms. The Morgan fingerprint density at radius 3 is 2.82 bits per heavy atom. The Morgan fingerprint density at radius 1 is 1.35 bits per heavy atom. The van der Waals surface area contributed by atoms with Gasteiger partial charge in [0.25, 0.3) is 0 Å². The second-order valence-electron chi connectivity index (χ2n) is 3.65. The van der Waals surface area contributed by atoms with Crippen LogP contribution in [0.5, 0.6) is 0 Å². The molecule has 1 N–H and O–H groups in total. The van der Waals surface area contributed by atoms with Crippen LogP contribution >= 0.6 is 0 Å². The van der Waals surface area contributed by atoms with Crippen LogP contribution in [0.15, 0.2) is 24.3 Å². The summed E-state index contributed by atoms with van der Waals surface area (Å²) < 4.78 is 5.12. The van der Waals surface area contributed by atoms with Gasteiger partial charge >= 0.3 is 5.97 Å². The number of ether oxygens (including phenoxy) is 1. The molecule has 0 saturated heterocycles. The zero-order valence-electron chi connectivity index (χ0n) is 9.94. The molecule has 1 rings (SSSR count). The van der Waals surface area contributed by atoms with Crippen molar-refractivity contribution in [3.63, 3.8) is 0 Å². The number of hydrogen-bond acceptors (Lipinski definition) is 3. The number of anilines is 1. The minimum atomic E-state index is -0.397. The molecule has 0 fully saturated rings. The van der Waals surface area contributed by atoms with Gasteiger partial charge in [-0.2, -0.15) is 0 Å². The maximum Gasteiger partial charge on any atom is 0.340 e. The number of nitrogens with one attached hydrogen (secondary N) is 1. The highest BCUT2D eigenvalue weighted by Crippen LogP contribution is 2.15. The van der Waals surface area contributed by atoms with Crippen LogP contribution in [-0.2, 0) is 9.53 Å². The van der Waals surface area contributed by atoms with Gasteiger partial charge in [0.1, 0.15) is 0 Å². The van der Waals surface area contributed by atoms with Crippen molar-refractivity contribution in [3.8, 4) is 0 Å². The van der Waals surface area contributed by atoms with Crippen molar-refractivity contribution < 1.29 is 14.3 Å². The average Bonchev–Trinajstić information content (AvgIpc) is 2.35. The molecular weight excluding hydrogens is 218 g/mol. The number of benzene rings is 1. The third-order valence-electron chi connectivity index (χ3n) is 2.34. The van der Waals surface area contributed by atoms with Gasteiger partial charge in [-0.25, -0.2) is 4.79 Å². The van der Waals surface area contributed by atoms with Gasteiger partial charge in [-0.3, -0.25) is 4.79 Å². The number of hydrogen-bond donors (Lipinski definition) is 1. The number of unbranched alkanes of at least 4 members (excludes halogenated alkanes) is 2. The molecule has 0 heterocycles. The Labute approximate surface area is 101 Å². The average molecular weight is 235 g/mol. The SMILES string of the molecule is CCCCCOC(=O)c1ccccc1NC=O. The first-order valence-electron chi connectivity index (χ1n) is 5.76. The van der Waals surface area contributed by atoms with E-state index in [1.165, 1.54) is 0 Å².